The zero-order chi connectivity index (χ0) is 18.1. The first-order valence-corrected chi connectivity index (χ1v) is 9.83. The molecule has 2 saturated carbocycles. The van der Waals surface area contributed by atoms with Crippen LogP contribution >= 0.6 is 0 Å². The zero-order valence-corrected chi connectivity index (χ0v) is 15.3. The third kappa shape index (κ3) is 2.13. The molecule has 0 radical (unpaired) electrons. The van der Waals surface area contributed by atoms with Crippen LogP contribution in [0.3, 0.4) is 0 Å². The number of phenols is 1. The van der Waals surface area contributed by atoms with E-state index < -0.39 is 11.0 Å². The van der Waals surface area contributed by atoms with E-state index in [-0.39, 0.29) is 23.7 Å². The maximum absolute atomic E-state index is 12.3. The molecule has 5 nitrogen and oxygen atoms in total. The minimum atomic E-state index is -0.931. The largest absolute Gasteiger partial charge is 0.508 e. The Labute approximate surface area is 154 Å². The van der Waals surface area contributed by atoms with Gasteiger partial charge in [-0.05, 0) is 74.2 Å². The fourth-order valence-corrected chi connectivity index (χ4v) is 6.16. The summed E-state index contributed by atoms with van der Waals surface area (Å²) in [5.41, 5.74) is 0.875. The molecule has 1 heterocycles. The smallest absolute Gasteiger partial charge is 0.308 e. The number of hydrogen-bond acceptors (Lipinski definition) is 5. The average Bonchev–Trinajstić information content (AvgIpc) is 3.37. The summed E-state index contributed by atoms with van der Waals surface area (Å²) < 4.78 is 5.03. The lowest BCUT2D eigenvalue weighted by Crippen LogP contribution is -2.69. The molecule has 5 rings (SSSR count). The van der Waals surface area contributed by atoms with Crippen LogP contribution in [0, 0.1) is 11.8 Å². The van der Waals surface area contributed by atoms with E-state index in [4.69, 9.17) is 4.74 Å². The van der Waals surface area contributed by atoms with E-state index in [0.29, 0.717) is 12.8 Å². The molecule has 4 atom stereocenters. The summed E-state index contributed by atoms with van der Waals surface area (Å²) in [6, 6.07) is 5.62. The topological polar surface area (TPSA) is 70.0 Å². The molecule has 5 heteroatoms. The highest BCUT2D eigenvalue weighted by atomic mass is 16.5. The Morgan fingerprint density at radius 3 is 2.88 bits per heavy atom. The summed E-state index contributed by atoms with van der Waals surface area (Å²) in [6.07, 6.45) is 5.27. The molecule has 26 heavy (non-hydrogen) atoms. The van der Waals surface area contributed by atoms with Gasteiger partial charge in [0, 0.05) is 18.0 Å². The third-order valence-corrected chi connectivity index (χ3v) is 7.55. The van der Waals surface area contributed by atoms with Crippen molar-refractivity contribution in [3.63, 3.8) is 0 Å². The van der Waals surface area contributed by atoms with Crippen LogP contribution in [0.15, 0.2) is 18.2 Å². The number of phenolic OH excluding ortho intramolecular Hbond substituents is 1. The molecule has 140 valence electrons. The number of nitrogens with zero attached hydrogens (tertiary/aromatic N) is 1. The van der Waals surface area contributed by atoms with Crippen molar-refractivity contribution in [1.29, 1.82) is 0 Å². The second-order valence-electron chi connectivity index (χ2n) is 8.88. The Morgan fingerprint density at radius 2 is 2.15 bits per heavy atom. The van der Waals surface area contributed by atoms with E-state index in [2.05, 4.69) is 4.90 Å². The Morgan fingerprint density at radius 1 is 1.35 bits per heavy atom. The molecule has 0 unspecified atom stereocenters. The van der Waals surface area contributed by atoms with Gasteiger partial charge in [-0.3, -0.25) is 9.69 Å². The van der Waals surface area contributed by atoms with Crippen LogP contribution in [0.4, 0.5) is 0 Å². The summed E-state index contributed by atoms with van der Waals surface area (Å²) in [6.45, 7) is 2.01. The van der Waals surface area contributed by atoms with Crippen LogP contribution in [0.1, 0.15) is 43.2 Å². The Balaban J connectivity index is 1.62. The van der Waals surface area contributed by atoms with Gasteiger partial charge in [-0.1, -0.05) is 6.07 Å². The number of methoxy groups -OCH3 is 1. The molecule has 1 aromatic rings. The highest BCUT2D eigenvalue weighted by Crippen LogP contribution is 2.62. The number of esters is 1. The van der Waals surface area contributed by atoms with Gasteiger partial charge in [0.2, 0.25) is 0 Å². The van der Waals surface area contributed by atoms with E-state index in [9.17, 15) is 15.0 Å². The van der Waals surface area contributed by atoms with Crippen molar-refractivity contribution in [2.24, 2.45) is 11.8 Å². The Bertz CT molecular complexity index is 760. The summed E-state index contributed by atoms with van der Waals surface area (Å²) in [5.74, 6) is 0.510. The highest BCUT2D eigenvalue weighted by molar-refractivity contribution is 5.74. The van der Waals surface area contributed by atoms with Gasteiger partial charge in [0.25, 0.3) is 0 Å². The summed E-state index contributed by atoms with van der Waals surface area (Å²) >= 11 is 0. The van der Waals surface area contributed by atoms with Gasteiger partial charge in [0.1, 0.15) is 5.75 Å². The molecule has 0 aromatic heterocycles. The Hall–Kier alpha value is -1.59. The summed E-state index contributed by atoms with van der Waals surface area (Å²) in [7, 11) is 1.43. The van der Waals surface area contributed by atoms with Crippen LogP contribution in [0.5, 0.6) is 5.75 Å². The predicted octanol–water partition coefficient (Wildman–Crippen LogP) is 1.98. The van der Waals surface area contributed by atoms with E-state index in [1.54, 1.807) is 6.07 Å². The second kappa shape index (κ2) is 5.46. The molecular formula is C21H27NO4. The van der Waals surface area contributed by atoms with Gasteiger partial charge in [-0.2, -0.15) is 0 Å². The van der Waals surface area contributed by atoms with Crippen LogP contribution in [0.2, 0.25) is 0 Å². The quantitative estimate of drug-likeness (QED) is 0.810. The zero-order valence-electron chi connectivity index (χ0n) is 15.3. The number of rotatable bonds is 3. The SMILES string of the molecule is COC(=O)[C@H]1C[C@@]23CCN(CC4CC4)[C@@H](Cc4ccc(O)cc42)[C@@]3(O)C1. The van der Waals surface area contributed by atoms with E-state index in [0.717, 1.165) is 37.4 Å². The van der Waals surface area contributed by atoms with Crippen LogP contribution < -0.4 is 0 Å². The van der Waals surface area contributed by atoms with Crippen LogP contribution in [-0.4, -0.2) is 52.9 Å². The number of aromatic hydroxyl groups is 1. The van der Waals surface area contributed by atoms with Crippen molar-refractivity contribution in [3.05, 3.63) is 29.3 Å². The van der Waals surface area contributed by atoms with E-state index >= 15 is 0 Å². The molecule has 2 N–H and O–H groups in total. The minimum absolute atomic E-state index is 0.0450. The predicted molar refractivity (Wildman–Crippen MR) is 95.9 cm³/mol. The van der Waals surface area contributed by atoms with Gasteiger partial charge >= 0.3 is 5.97 Å². The molecule has 0 amide bonds. The van der Waals surface area contributed by atoms with E-state index in [1.807, 2.05) is 12.1 Å². The van der Waals surface area contributed by atoms with Crippen molar-refractivity contribution in [1.82, 2.24) is 4.90 Å². The molecule has 0 spiro atoms. The summed E-state index contributed by atoms with van der Waals surface area (Å²) in [5, 5.41) is 22.1. The molecule has 4 aliphatic rings. The number of carbonyl (C=O) groups excluding carboxylic acids is 1. The third-order valence-electron chi connectivity index (χ3n) is 7.55. The fraction of sp³-hybridized carbons (Fsp3) is 0.667. The first-order chi connectivity index (χ1) is 12.5. The molecule has 1 aromatic carbocycles. The number of fused-ring (bicyclic) bond motifs is 1. The van der Waals surface area contributed by atoms with Gasteiger partial charge in [-0.15, -0.1) is 0 Å². The number of likely N-dealkylation sites (tertiary alicyclic amines) is 1. The number of benzene rings is 1. The van der Waals surface area contributed by atoms with Gasteiger partial charge in [0.15, 0.2) is 0 Å². The normalized spacial score (nSPS) is 38.5. The molecule has 1 saturated heterocycles. The molecule has 3 aliphatic carbocycles. The monoisotopic (exact) mass is 357 g/mol. The lowest BCUT2D eigenvalue weighted by molar-refractivity contribution is -0.147. The van der Waals surface area contributed by atoms with Gasteiger partial charge in [0.05, 0.1) is 18.6 Å². The maximum atomic E-state index is 12.3. The standard InChI is InChI=1S/C21H27NO4/c1-26-19(24)15-10-20-6-7-22(12-13-2-3-13)18(21(20,25)11-15)8-14-4-5-16(23)9-17(14)20/h4-5,9,13,15,18,23,25H,2-3,6-8,10-12H2,1H3/t15-,18-,20-,21-/m0/s1. The first-order valence-electron chi connectivity index (χ1n) is 9.83. The highest BCUT2D eigenvalue weighted by Gasteiger charge is 2.68. The molecule has 1 aliphatic heterocycles. The number of carbonyl (C=O) groups is 1. The average molecular weight is 357 g/mol. The number of piperidine rings is 1. The molecule has 3 fully saturated rings. The van der Waals surface area contributed by atoms with E-state index in [1.165, 1.54) is 25.5 Å². The first kappa shape index (κ1) is 16.6. The van der Waals surface area contributed by atoms with Crippen molar-refractivity contribution in [3.8, 4) is 5.75 Å². The lowest BCUT2D eigenvalue weighted by Gasteiger charge is -2.59. The van der Waals surface area contributed by atoms with Crippen molar-refractivity contribution >= 4 is 5.97 Å². The van der Waals surface area contributed by atoms with Crippen molar-refractivity contribution in [2.45, 2.75) is 55.6 Å². The maximum Gasteiger partial charge on any atom is 0.308 e. The van der Waals surface area contributed by atoms with Gasteiger partial charge in [-0.25, -0.2) is 0 Å². The number of hydrogen-bond donors (Lipinski definition) is 2. The van der Waals surface area contributed by atoms with Crippen molar-refractivity contribution in [2.75, 3.05) is 20.2 Å². The minimum Gasteiger partial charge on any atom is -0.508 e. The summed E-state index contributed by atoms with van der Waals surface area (Å²) in [4.78, 5) is 14.8. The number of ether oxygens (including phenoxy) is 1. The fourth-order valence-electron chi connectivity index (χ4n) is 6.16. The van der Waals surface area contributed by atoms with Crippen LogP contribution in [-0.2, 0) is 21.4 Å². The van der Waals surface area contributed by atoms with Crippen LogP contribution in [0.25, 0.3) is 0 Å². The number of aliphatic hydroxyl groups is 1. The van der Waals surface area contributed by atoms with Crippen molar-refractivity contribution < 1.29 is 19.7 Å². The van der Waals surface area contributed by atoms with Gasteiger partial charge < -0.3 is 14.9 Å². The second-order valence-corrected chi connectivity index (χ2v) is 8.88. The molecular weight excluding hydrogens is 330 g/mol. The lowest BCUT2D eigenvalue weighted by atomic mass is 9.56. The molecule has 2 bridgehead atoms. The Kier molecular flexibility index (Phi) is 3.48.